The Morgan fingerprint density at radius 1 is 1.26 bits per heavy atom. The van der Waals surface area contributed by atoms with Crippen molar-refractivity contribution in [2.75, 3.05) is 12.1 Å². The molecule has 0 spiro atoms. The largest absolute Gasteiger partial charge is 0.297 e. The second-order valence-electron chi connectivity index (χ2n) is 8.95. The molecule has 1 saturated carbocycles. The molecule has 2 aromatic rings. The topological polar surface area (TPSA) is 85.2 Å². The van der Waals surface area contributed by atoms with Crippen LogP contribution in [0.15, 0.2) is 30.5 Å². The summed E-state index contributed by atoms with van der Waals surface area (Å²) in [5.74, 6) is 0.136. The zero-order chi connectivity index (χ0) is 22.6. The van der Waals surface area contributed by atoms with Gasteiger partial charge in [0.1, 0.15) is 11.1 Å². The lowest BCUT2D eigenvalue weighted by Crippen LogP contribution is -2.48. The van der Waals surface area contributed by atoms with E-state index in [0.717, 1.165) is 37.8 Å². The number of hydrogen-bond donors (Lipinski definition) is 1. The first-order chi connectivity index (χ1) is 14.7. The van der Waals surface area contributed by atoms with Gasteiger partial charge in [0.25, 0.3) is 5.91 Å². The maximum Gasteiger partial charge on any atom is 0.269 e. The number of aromatic nitrogens is 2. The highest BCUT2D eigenvalue weighted by molar-refractivity contribution is 6.32. The van der Waals surface area contributed by atoms with Gasteiger partial charge >= 0.3 is 0 Å². The third-order valence-corrected chi connectivity index (χ3v) is 6.01. The third-order valence-electron chi connectivity index (χ3n) is 5.75. The number of nitrogens with zero attached hydrogens (tertiary/aromatic N) is 5. The van der Waals surface area contributed by atoms with Crippen molar-refractivity contribution in [1.82, 2.24) is 20.3 Å². The molecule has 1 aromatic carbocycles. The van der Waals surface area contributed by atoms with Crippen LogP contribution in [0, 0.1) is 11.3 Å². The van der Waals surface area contributed by atoms with E-state index in [-0.39, 0.29) is 23.3 Å². The summed E-state index contributed by atoms with van der Waals surface area (Å²) in [5.41, 5.74) is 4.72. The van der Waals surface area contributed by atoms with Crippen molar-refractivity contribution < 1.29 is 4.79 Å². The number of nitriles is 1. The van der Waals surface area contributed by atoms with E-state index in [9.17, 15) is 10.1 Å². The van der Waals surface area contributed by atoms with E-state index in [1.54, 1.807) is 5.01 Å². The average molecular weight is 441 g/mol. The molecule has 1 aliphatic rings. The first-order valence-electron chi connectivity index (χ1n) is 10.5. The number of hydrogen-bond acceptors (Lipinski definition) is 6. The second kappa shape index (κ2) is 9.63. The molecule has 31 heavy (non-hydrogen) atoms. The SMILES string of the molecule is CN(Cc1ccc(C(=O)NN(c2nc(C#N)ncc2Cl)C2CCCC2)cc1)C(C)(C)C. The van der Waals surface area contributed by atoms with Crippen molar-refractivity contribution in [3.05, 3.63) is 52.4 Å². The minimum Gasteiger partial charge on any atom is -0.297 e. The van der Waals surface area contributed by atoms with Gasteiger partial charge in [-0.05, 0) is 58.4 Å². The Hall–Kier alpha value is -2.69. The van der Waals surface area contributed by atoms with Gasteiger partial charge in [-0.1, -0.05) is 36.6 Å². The summed E-state index contributed by atoms with van der Waals surface area (Å²) in [6.45, 7) is 7.31. The van der Waals surface area contributed by atoms with Gasteiger partial charge in [-0.3, -0.25) is 20.1 Å². The summed E-state index contributed by atoms with van der Waals surface area (Å²) in [4.78, 5) is 23.4. The van der Waals surface area contributed by atoms with Gasteiger partial charge in [-0.25, -0.2) is 4.98 Å². The van der Waals surface area contributed by atoms with Gasteiger partial charge in [0, 0.05) is 17.6 Å². The van der Waals surface area contributed by atoms with Crippen LogP contribution in [-0.4, -0.2) is 39.4 Å². The number of hydrazine groups is 1. The zero-order valence-electron chi connectivity index (χ0n) is 18.5. The summed E-state index contributed by atoms with van der Waals surface area (Å²) in [5, 5.41) is 11.2. The standard InChI is InChI=1S/C23H29ClN6O/c1-23(2,3)29(4)15-16-9-11-17(12-10-16)22(31)28-30(18-7-5-6-8-18)21-19(24)14-26-20(13-25)27-21/h9-12,14,18H,5-8,15H2,1-4H3,(H,28,31). The average Bonchev–Trinajstić information content (AvgIpc) is 3.27. The van der Waals surface area contributed by atoms with E-state index < -0.39 is 0 Å². The lowest BCUT2D eigenvalue weighted by Gasteiger charge is -2.32. The van der Waals surface area contributed by atoms with Crippen molar-refractivity contribution in [3.63, 3.8) is 0 Å². The fraction of sp³-hybridized carbons (Fsp3) is 0.478. The van der Waals surface area contributed by atoms with Crippen LogP contribution in [0.1, 0.15) is 68.2 Å². The van der Waals surface area contributed by atoms with Crippen LogP contribution in [0.4, 0.5) is 5.82 Å². The molecule has 0 radical (unpaired) electrons. The minimum absolute atomic E-state index is 0.0176. The summed E-state index contributed by atoms with van der Waals surface area (Å²) >= 11 is 6.33. The predicted molar refractivity (Wildman–Crippen MR) is 122 cm³/mol. The van der Waals surface area contributed by atoms with Gasteiger partial charge < -0.3 is 0 Å². The number of amides is 1. The van der Waals surface area contributed by atoms with E-state index in [1.165, 1.54) is 6.20 Å². The molecule has 1 amide bonds. The van der Waals surface area contributed by atoms with Crippen molar-refractivity contribution in [2.24, 2.45) is 0 Å². The number of carbonyl (C=O) groups excluding carboxylic acids is 1. The Bertz CT molecular complexity index is 958. The summed E-state index contributed by atoms with van der Waals surface area (Å²) < 4.78 is 0. The van der Waals surface area contributed by atoms with Crippen molar-refractivity contribution in [3.8, 4) is 6.07 Å². The maximum absolute atomic E-state index is 13.0. The summed E-state index contributed by atoms with van der Waals surface area (Å²) in [6, 6.07) is 9.61. The van der Waals surface area contributed by atoms with Crippen molar-refractivity contribution in [2.45, 2.75) is 64.6 Å². The number of benzene rings is 1. The van der Waals surface area contributed by atoms with Crippen LogP contribution in [0.5, 0.6) is 0 Å². The molecule has 1 heterocycles. The van der Waals surface area contributed by atoms with Crippen LogP contribution >= 0.6 is 11.6 Å². The number of carbonyl (C=O) groups is 1. The third kappa shape index (κ3) is 5.72. The monoisotopic (exact) mass is 440 g/mol. The first-order valence-corrected chi connectivity index (χ1v) is 10.9. The molecule has 0 atom stereocenters. The van der Waals surface area contributed by atoms with Gasteiger partial charge in [-0.15, -0.1) is 0 Å². The molecule has 8 heteroatoms. The molecule has 0 bridgehead atoms. The smallest absolute Gasteiger partial charge is 0.269 e. The van der Waals surface area contributed by atoms with Crippen LogP contribution < -0.4 is 10.4 Å². The van der Waals surface area contributed by atoms with Crippen molar-refractivity contribution >= 4 is 23.3 Å². The Kier molecular flexibility index (Phi) is 7.14. The maximum atomic E-state index is 13.0. The molecule has 0 unspecified atom stereocenters. The second-order valence-corrected chi connectivity index (χ2v) is 9.36. The molecule has 0 aliphatic heterocycles. The Morgan fingerprint density at radius 2 is 1.90 bits per heavy atom. The van der Waals surface area contributed by atoms with Gasteiger partial charge in [0.2, 0.25) is 5.82 Å². The Morgan fingerprint density at radius 3 is 2.48 bits per heavy atom. The first kappa shape index (κ1) is 23.0. The lowest BCUT2D eigenvalue weighted by atomic mass is 10.0. The Labute approximate surface area is 189 Å². The molecule has 164 valence electrons. The van der Waals surface area contributed by atoms with Crippen LogP contribution in [0.2, 0.25) is 5.02 Å². The van der Waals surface area contributed by atoms with E-state index in [2.05, 4.69) is 48.1 Å². The fourth-order valence-corrected chi connectivity index (χ4v) is 3.69. The molecule has 1 aliphatic carbocycles. The van der Waals surface area contributed by atoms with Crippen LogP contribution in [0.25, 0.3) is 0 Å². The summed E-state index contributed by atoms with van der Waals surface area (Å²) in [6.07, 6.45) is 5.37. The van der Waals surface area contributed by atoms with E-state index in [1.807, 2.05) is 30.3 Å². The number of nitrogens with one attached hydrogen (secondary N) is 1. The van der Waals surface area contributed by atoms with Crippen LogP contribution in [-0.2, 0) is 6.54 Å². The zero-order valence-corrected chi connectivity index (χ0v) is 19.3. The summed E-state index contributed by atoms with van der Waals surface area (Å²) in [7, 11) is 2.08. The van der Waals surface area contributed by atoms with Crippen molar-refractivity contribution in [1.29, 1.82) is 5.26 Å². The quantitative estimate of drug-likeness (QED) is 0.673. The molecule has 1 fully saturated rings. The van der Waals surface area contributed by atoms with Gasteiger partial charge in [0.05, 0.1) is 12.2 Å². The Balaban J connectivity index is 1.79. The van der Waals surface area contributed by atoms with Gasteiger partial charge in [0.15, 0.2) is 5.82 Å². The molecule has 1 N–H and O–H groups in total. The number of rotatable bonds is 6. The van der Waals surface area contributed by atoms with Gasteiger partial charge in [-0.2, -0.15) is 10.2 Å². The highest BCUT2D eigenvalue weighted by atomic mass is 35.5. The molecule has 0 saturated heterocycles. The molecular weight excluding hydrogens is 412 g/mol. The molecular formula is C23H29ClN6O. The highest BCUT2D eigenvalue weighted by Crippen LogP contribution is 2.30. The number of halogens is 1. The predicted octanol–water partition coefficient (Wildman–Crippen LogP) is 4.33. The molecule has 7 nitrogen and oxygen atoms in total. The number of anilines is 1. The van der Waals surface area contributed by atoms with E-state index >= 15 is 0 Å². The molecule has 1 aromatic heterocycles. The van der Waals surface area contributed by atoms with E-state index in [4.69, 9.17) is 11.6 Å². The molecule has 3 rings (SSSR count). The highest BCUT2D eigenvalue weighted by Gasteiger charge is 2.28. The minimum atomic E-state index is -0.240. The van der Waals surface area contributed by atoms with Crippen LogP contribution in [0.3, 0.4) is 0 Å². The van der Waals surface area contributed by atoms with E-state index in [0.29, 0.717) is 16.4 Å². The lowest BCUT2D eigenvalue weighted by molar-refractivity contribution is 0.0943. The normalized spacial score (nSPS) is 14.5. The fourth-order valence-electron chi connectivity index (χ4n) is 3.51.